The number of fused-ring (bicyclic) bond motifs is 1. The van der Waals surface area contributed by atoms with E-state index in [1.807, 2.05) is 0 Å². The van der Waals surface area contributed by atoms with Gasteiger partial charge in [-0.1, -0.05) is 0 Å². The van der Waals surface area contributed by atoms with Crippen molar-refractivity contribution >= 4 is 22.8 Å². The Morgan fingerprint density at radius 2 is 2.12 bits per heavy atom. The molecule has 0 radical (unpaired) electrons. The van der Waals surface area contributed by atoms with Crippen LogP contribution in [0.4, 0.5) is 5.95 Å². The number of anilines is 1. The van der Waals surface area contributed by atoms with Gasteiger partial charge in [0, 0.05) is 5.39 Å². The van der Waals surface area contributed by atoms with Crippen molar-refractivity contribution < 1.29 is 15.0 Å². The fourth-order valence-corrected chi connectivity index (χ4v) is 1.48. The molecule has 0 saturated carbocycles. The van der Waals surface area contributed by atoms with Crippen LogP contribution in [0.2, 0.25) is 0 Å². The number of benzene rings is 1. The fraction of sp³-hybridized carbons (Fsp3) is 0.100. The predicted octanol–water partition coefficient (Wildman–Crippen LogP) is 0.545. The molecule has 2 rings (SSSR count). The van der Waals surface area contributed by atoms with Crippen LogP contribution in [0.5, 0.6) is 5.75 Å². The molecule has 0 atom stereocenters. The molecular weight excluding hydrogens is 210 g/mol. The molecule has 82 valence electrons. The van der Waals surface area contributed by atoms with Gasteiger partial charge < -0.3 is 15.9 Å². The van der Waals surface area contributed by atoms with Gasteiger partial charge in [0.2, 0.25) is 5.95 Å². The average molecular weight is 219 g/mol. The first-order chi connectivity index (χ1) is 7.56. The molecule has 0 spiro atoms. The quantitative estimate of drug-likeness (QED) is 0.680. The molecule has 0 fully saturated rings. The Morgan fingerprint density at radius 3 is 2.81 bits per heavy atom. The number of carboxylic acids is 1. The molecule has 1 aromatic carbocycles. The van der Waals surface area contributed by atoms with E-state index in [0.29, 0.717) is 16.6 Å². The van der Waals surface area contributed by atoms with Crippen molar-refractivity contribution in [2.75, 3.05) is 5.73 Å². The third kappa shape index (κ3) is 1.85. The van der Waals surface area contributed by atoms with Crippen LogP contribution in [0.15, 0.2) is 18.2 Å². The molecule has 0 aliphatic carbocycles. The molecule has 0 amide bonds. The van der Waals surface area contributed by atoms with Crippen molar-refractivity contribution in [3.05, 3.63) is 23.9 Å². The maximum absolute atomic E-state index is 10.6. The van der Waals surface area contributed by atoms with Crippen LogP contribution in [0.25, 0.3) is 10.9 Å². The molecular formula is C10H9N3O3. The van der Waals surface area contributed by atoms with Crippen molar-refractivity contribution in [2.45, 2.75) is 6.42 Å². The van der Waals surface area contributed by atoms with E-state index in [-0.39, 0.29) is 18.1 Å². The van der Waals surface area contributed by atoms with E-state index in [0.717, 1.165) is 0 Å². The highest BCUT2D eigenvalue weighted by Crippen LogP contribution is 2.22. The highest BCUT2D eigenvalue weighted by atomic mass is 16.4. The highest BCUT2D eigenvalue weighted by molar-refractivity contribution is 5.86. The van der Waals surface area contributed by atoms with Crippen molar-refractivity contribution in [1.29, 1.82) is 0 Å². The number of nitrogens with two attached hydrogens (primary N) is 1. The minimum Gasteiger partial charge on any atom is -0.508 e. The second-order valence-corrected chi connectivity index (χ2v) is 3.30. The number of hydrogen-bond acceptors (Lipinski definition) is 5. The Kier molecular flexibility index (Phi) is 2.32. The van der Waals surface area contributed by atoms with Gasteiger partial charge in [0.15, 0.2) is 0 Å². The third-order valence-electron chi connectivity index (χ3n) is 2.09. The lowest BCUT2D eigenvalue weighted by atomic mass is 10.1. The molecule has 1 aromatic heterocycles. The number of nitrogens with zero attached hydrogens (tertiary/aromatic N) is 2. The number of nitrogen functional groups attached to an aromatic ring is 1. The van der Waals surface area contributed by atoms with Crippen LogP contribution in [0, 0.1) is 0 Å². The summed E-state index contributed by atoms with van der Waals surface area (Å²) in [4.78, 5) is 18.4. The number of hydrogen-bond donors (Lipinski definition) is 3. The topological polar surface area (TPSA) is 109 Å². The van der Waals surface area contributed by atoms with E-state index in [2.05, 4.69) is 9.97 Å². The van der Waals surface area contributed by atoms with Crippen LogP contribution in [0.3, 0.4) is 0 Å². The summed E-state index contributed by atoms with van der Waals surface area (Å²) < 4.78 is 0. The molecule has 6 heteroatoms. The normalized spacial score (nSPS) is 10.5. The number of rotatable bonds is 2. The summed E-state index contributed by atoms with van der Waals surface area (Å²) in [6, 6.07) is 4.44. The van der Waals surface area contributed by atoms with Crippen LogP contribution >= 0.6 is 0 Å². The highest BCUT2D eigenvalue weighted by Gasteiger charge is 2.10. The van der Waals surface area contributed by atoms with Crippen LogP contribution in [-0.2, 0) is 11.2 Å². The summed E-state index contributed by atoms with van der Waals surface area (Å²) in [5, 5.41) is 18.5. The molecule has 0 unspecified atom stereocenters. The Balaban J connectivity index is 2.69. The van der Waals surface area contributed by atoms with Gasteiger partial charge in [-0.25, -0.2) is 9.97 Å². The van der Waals surface area contributed by atoms with E-state index in [9.17, 15) is 9.90 Å². The van der Waals surface area contributed by atoms with E-state index >= 15 is 0 Å². The van der Waals surface area contributed by atoms with E-state index < -0.39 is 5.97 Å². The number of aromatic hydroxyl groups is 1. The molecule has 4 N–H and O–H groups in total. The number of phenolic OH excluding ortho intramolecular Hbond substituents is 1. The van der Waals surface area contributed by atoms with Gasteiger partial charge in [-0.05, 0) is 18.2 Å². The zero-order valence-corrected chi connectivity index (χ0v) is 8.21. The van der Waals surface area contributed by atoms with E-state index in [1.165, 1.54) is 12.1 Å². The van der Waals surface area contributed by atoms with E-state index in [4.69, 9.17) is 10.8 Å². The summed E-state index contributed by atoms with van der Waals surface area (Å²) >= 11 is 0. The van der Waals surface area contributed by atoms with Gasteiger partial charge in [0.1, 0.15) is 5.75 Å². The number of aromatic nitrogens is 2. The SMILES string of the molecule is Nc1nc(CC(=O)O)c2cc(O)ccc2n1. The van der Waals surface area contributed by atoms with Crippen molar-refractivity contribution in [3.8, 4) is 5.75 Å². The Bertz CT molecular complexity index is 568. The minimum absolute atomic E-state index is 0.0226. The molecule has 0 saturated heterocycles. The summed E-state index contributed by atoms with van der Waals surface area (Å²) in [5.41, 5.74) is 6.27. The monoisotopic (exact) mass is 219 g/mol. The van der Waals surface area contributed by atoms with E-state index in [1.54, 1.807) is 6.07 Å². The molecule has 0 bridgehead atoms. The van der Waals surface area contributed by atoms with Gasteiger partial charge in [0.05, 0.1) is 17.6 Å². The molecule has 6 nitrogen and oxygen atoms in total. The van der Waals surface area contributed by atoms with Gasteiger partial charge in [0.25, 0.3) is 0 Å². The van der Waals surface area contributed by atoms with Crippen molar-refractivity contribution in [3.63, 3.8) is 0 Å². The standard InChI is InChI=1S/C10H9N3O3/c11-10-12-7-2-1-5(14)3-6(7)8(13-10)4-9(15)16/h1-3,14H,4H2,(H,15,16)(H2,11,12,13). The molecule has 16 heavy (non-hydrogen) atoms. The Morgan fingerprint density at radius 1 is 1.38 bits per heavy atom. The second kappa shape index (κ2) is 3.65. The predicted molar refractivity (Wildman–Crippen MR) is 57.0 cm³/mol. The van der Waals surface area contributed by atoms with Crippen molar-refractivity contribution in [1.82, 2.24) is 9.97 Å². The Labute approximate surface area is 90.4 Å². The zero-order valence-electron chi connectivity index (χ0n) is 8.21. The van der Waals surface area contributed by atoms with Crippen LogP contribution in [0.1, 0.15) is 5.69 Å². The lowest BCUT2D eigenvalue weighted by molar-refractivity contribution is -0.136. The summed E-state index contributed by atoms with van der Waals surface area (Å²) in [6.45, 7) is 0. The third-order valence-corrected chi connectivity index (χ3v) is 2.09. The number of phenols is 1. The number of carbonyl (C=O) groups is 1. The van der Waals surface area contributed by atoms with Crippen LogP contribution in [-0.4, -0.2) is 26.2 Å². The second-order valence-electron chi connectivity index (χ2n) is 3.30. The number of carboxylic acid groups (broad SMARTS) is 1. The average Bonchev–Trinajstić information content (AvgIpc) is 2.18. The van der Waals surface area contributed by atoms with Crippen molar-refractivity contribution in [2.24, 2.45) is 0 Å². The lowest BCUT2D eigenvalue weighted by Gasteiger charge is -2.04. The molecule has 1 heterocycles. The lowest BCUT2D eigenvalue weighted by Crippen LogP contribution is -2.06. The Hall–Kier alpha value is -2.37. The first-order valence-corrected chi connectivity index (χ1v) is 4.53. The first kappa shape index (κ1) is 10.2. The summed E-state index contributed by atoms with van der Waals surface area (Å²) in [5.74, 6) is -0.954. The van der Waals surface area contributed by atoms with Crippen LogP contribution < -0.4 is 5.73 Å². The maximum atomic E-state index is 10.6. The number of aliphatic carboxylic acids is 1. The van der Waals surface area contributed by atoms with Gasteiger partial charge in [-0.15, -0.1) is 0 Å². The minimum atomic E-state index is -1.01. The summed E-state index contributed by atoms with van der Waals surface area (Å²) in [7, 11) is 0. The molecule has 2 aromatic rings. The molecule has 0 aliphatic rings. The fourth-order valence-electron chi connectivity index (χ4n) is 1.48. The van der Waals surface area contributed by atoms with Gasteiger partial charge >= 0.3 is 5.97 Å². The molecule has 0 aliphatic heterocycles. The largest absolute Gasteiger partial charge is 0.508 e. The van der Waals surface area contributed by atoms with Gasteiger partial charge in [-0.2, -0.15) is 0 Å². The zero-order chi connectivity index (χ0) is 11.7. The van der Waals surface area contributed by atoms with Gasteiger partial charge in [-0.3, -0.25) is 4.79 Å². The maximum Gasteiger partial charge on any atom is 0.309 e. The first-order valence-electron chi connectivity index (χ1n) is 4.53. The smallest absolute Gasteiger partial charge is 0.309 e. The summed E-state index contributed by atoms with van der Waals surface area (Å²) in [6.07, 6.45) is -0.257.